The van der Waals surface area contributed by atoms with Gasteiger partial charge in [-0.15, -0.1) is 0 Å². The van der Waals surface area contributed by atoms with E-state index in [-0.39, 0.29) is 0 Å². The quantitative estimate of drug-likeness (QED) is 0.196. The molecule has 0 fully saturated rings. The van der Waals surface area contributed by atoms with Gasteiger partial charge in [0.1, 0.15) is 0 Å². The van der Waals surface area contributed by atoms with E-state index in [0.29, 0.717) is 0 Å². The molecule has 0 aliphatic rings. The first-order chi connectivity index (χ1) is 23.3. The van der Waals surface area contributed by atoms with E-state index in [4.69, 9.17) is 0 Å². The molecule has 0 aliphatic carbocycles. The maximum absolute atomic E-state index is 3.79. The lowest BCUT2D eigenvalue weighted by Crippen LogP contribution is -1.91. The fourth-order valence-electron chi connectivity index (χ4n) is 7.79. The minimum Gasteiger partial charge on any atom is -0.354 e. The van der Waals surface area contributed by atoms with Crippen molar-refractivity contribution >= 4 is 64.9 Å². The van der Waals surface area contributed by atoms with Crippen molar-refractivity contribution in [2.24, 2.45) is 0 Å². The van der Waals surface area contributed by atoms with Crippen LogP contribution in [0, 0.1) is 12.1 Å². The smallest absolute Gasteiger partial charge is 0.0551 e. The molecule has 1 aromatic heterocycles. The zero-order chi connectivity index (χ0) is 30.9. The highest BCUT2D eigenvalue weighted by Gasteiger charge is 2.19. The summed E-state index contributed by atoms with van der Waals surface area (Å²) in [5.74, 6) is 0. The van der Waals surface area contributed by atoms with E-state index in [9.17, 15) is 0 Å². The highest BCUT2D eigenvalue weighted by atomic mass is 14.7. The largest absolute Gasteiger partial charge is 0.354 e. The second-order valence-electron chi connectivity index (χ2n) is 12.4. The Hall–Kier alpha value is -6.36. The standard InChI is InChI=1S/C46H27N/c1-2-13-29(14-3-1)30-15-12-16-31(27-30)43-36-20-7-9-22-38(36)44(39-23-10-8-21-37(39)43)32-25-26-42-41(28-32)45-35-19-6-4-17-33(35)34-18-5-11-24-40(34)46(45)47-42/h1-3,5-16,18-28,47H. The van der Waals surface area contributed by atoms with Gasteiger partial charge in [0.15, 0.2) is 0 Å². The number of nitrogens with one attached hydrogen (secondary N) is 1. The molecule has 0 atom stereocenters. The van der Waals surface area contributed by atoms with Crippen LogP contribution in [0.3, 0.4) is 0 Å². The summed E-state index contributed by atoms with van der Waals surface area (Å²) in [5, 5.41) is 12.2. The molecule has 0 amide bonds. The number of H-pyrrole nitrogens is 1. The monoisotopic (exact) mass is 593 g/mol. The van der Waals surface area contributed by atoms with Gasteiger partial charge in [-0.3, -0.25) is 0 Å². The van der Waals surface area contributed by atoms with Crippen molar-refractivity contribution in [1.29, 1.82) is 0 Å². The normalized spacial score (nSPS) is 11.7. The van der Waals surface area contributed by atoms with Crippen LogP contribution >= 0.6 is 0 Å². The van der Waals surface area contributed by atoms with Gasteiger partial charge in [-0.25, -0.2) is 0 Å². The molecule has 1 nitrogen and oxygen atoms in total. The van der Waals surface area contributed by atoms with Crippen molar-refractivity contribution in [2.45, 2.75) is 0 Å². The van der Waals surface area contributed by atoms with E-state index in [0.717, 1.165) is 10.9 Å². The Morgan fingerprint density at radius 2 is 0.957 bits per heavy atom. The van der Waals surface area contributed by atoms with Gasteiger partial charge < -0.3 is 4.98 Å². The number of aromatic amines is 1. The molecule has 0 spiro atoms. The minimum atomic E-state index is 1.11. The molecule has 1 heterocycles. The van der Waals surface area contributed by atoms with Crippen molar-refractivity contribution in [1.82, 2.24) is 4.98 Å². The molecule has 10 aromatic rings. The Bertz CT molecular complexity index is 2780. The van der Waals surface area contributed by atoms with Crippen molar-refractivity contribution in [3.05, 3.63) is 170 Å². The Kier molecular flexibility index (Phi) is 5.56. The van der Waals surface area contributed by atoms with Gasteiger partial charge >= 0.3 is 0 Å². The number of aromatic nitrogens is 1. The summed E-state index contributed by atoms with van der Waals surface area (Å²) in [6.07, 6.45) is 0. The molecule has 0 aliphatic heterocycles. The first kappa shape index (κ1) is 25.9. The van der Waals surface area contributed by atoms with E-state index in [1.165, 1.54) is 87.4 Å². The molecule has 0 bridgehead atoms. The Balaban J connectivity index is 1.28. The molecule has 0 saturated heterocycles. The van der Waals surface area contributed by atoms with E-state index in [1.807, 2.05) is 6.07 Å². The average Bonchev–Trinajstić information content (AvgIpc) is 3.54. The van der Waals surface area contributed by atoms with Crippen LogP contribution in [0.4, 0.5) is 0 Å². The molecule has 47 heavy (non-hydrogen) atoms. The first-order valence-electron chi connectivity index (χ1n) is 16.1. The van der Waals surface area contributed by atoms with Crippen molar-refractivity contribution in [3.8, 4) is 33.4 Å². The van der Waals surface area contributed by atoms with Crippen LogP contribution in [-0.4, -0.2) is 4.98 Å². The maximum Gasteiger partial charge on any atom is 0.0551 e. The lowest BCUT2D eigenvalue weighted by molar-refractivity contribution is 1.56. The summed E-state index contributed by atoms with van der Waals surface area (Å²) >= 11 is 0. The van der Waals surface area contributed by atoms with E-state index in [2.05, 4.69) is 169 Å². The highest BCUT2D eigenvalue weighted by Crippen LogP contribution is 2.46. The highest BCUT2D eigenvalue weighted by molar-refractivity contribution is 6.31. The molecule has 1 N–H and O–H groups in total. The fourth-order valence-corrected chi connectivity index (χ4v) is 7.79. The molecular weight excluding hydrogens is 567 g/mol. The maximum atomic E-state index is 3.79. The van der Waals surface area contributed by atoms with Crippen LogP contribution in [0.25, 0.3) is 98.3 Å². The summed E-state index contributed by atoms with van der Waals surface area (Å²) in [7, 11) is 0. The Morgan fingerprint density at radius 1 is 0.383 bits per heavy atom. The molecular formula is C46H27N. The van der Waals surface area contributed by atoms with E-state index >= 15 is 0 Å². The number of benzene rings is 8. The van der Waals surface area contributed by atoms with Gasteiger partial charge in [0.05, 0.1) is 5.52 Å². The third-order valence-corrected chi connectivity index (χ3v) is 9.81. The number of hydrogen-bond donors (Lipinski definition) is 1. The summed E-state index contributed by atoms with van der Waals surface area (Å²) in [5.41, 5.74) is 9.73. The van der Waals surface area contributed by atoms with Crippen LogP contribution in [0.2, 0.25) is 0 Å². The average molecular weight is 594 g/mol. The summed E-state index contributed by atoms with van der Waals surface area (Å²) in [4.78, 5) is 3.79. The third kappa shape index (κ3) is 3.86. The first-order valence-corrected chi connectivity index (χ1v) is 16.1. The number of rotatable bonds is 3. The predicted molar refractivity (Wildman–Crippen MR) is 200 cm³/mol. The minimum absolute atomic E-state index is 1.11. The summed E-state index contributed by atoms with van der Waals surface area (Å²) < 4.78 is 0. The molecule has 0 unspecified atom stereocenters. The van der Waals surface area contributed by atoms with Crippen LogP contribution < -0.4 is 0 Å². The van der Waals surface area contributed by atoms with Crippen molar-refractivity contribution < 1.29 is 0 Å². The second-order valence-corrected chi connectivity index (χ2v) is 12.4. The predicted octanol–water partition coefficient (Wildman–Crippen LogP) is 12.5. The zero-order valence-electron chi connectivity index (χ0n) is 25.5. The van der Waals surface area contributed by atoms with Crippen LogP contribution in [0.1, 0.15) is 0 Å². The number of fused-ring (bicyclic) bond motifs is 10. The van der Waals surface area contributed by atoms with Gasteiger partial charge in [-0.2, -0.15) is 0 Å². The van der Waals surface area contributed by atoms with E-state index in [1.54, 1.807) is 0 Å². The van der Waals surface area contributed by atoms with Gasteiger partial charge in [0.25, 0.3) is 0 Å². The summed E-state index contributed by atoms with van der Waals surface area (Å²) in [6, 6.07) is 63.8. The fraction of sp³-hybridized carbons (Fsp3) is 0. The number of hydrogen-bond acceptors (Lipinski definition) is 0. The molecule has 0 saturated carbocycles. The molecule has 216 valence electrons. The van der Waals surface area contributed by atoms with Crippen molar-refractivity contribution in [3.63, 3.8) is 0 Å². The lowest BCUT2D eigenvalue weighted by atomic mass is 9.85. The lowest BCUT2D eigenvalue weighted by Gasteiger charge is -2.18. The zero-order valence-corrected chi connectivity index (χ0v) is 25.5. The van der Waals surface area contributed by atoms with Crippen molar-refractivity contribution in [2.75, 3.05) is 0 Å². The third-order valence-electron chi connectivity index (χ3n) is 9.81. The molecule has 1 heteroatoms. The Labute approximate surface area is 272 Å². The molecule has 0 radical (unpaired) electrons. The van der Waals surface area contributed by atoms with Crippen LogP contribution in [0.5, 0.6) is 0 Å². The molecule has 9 aromatic carbocycles. The topological polar surface area (TPSA) is 15.8 Å². The van der Waals surface area contributed by atoms with Gasteiger partial charge in [-0.1, -0.05) is 140 Å². The molecule has 10 rings (SSSR count). The van der Waals surface area contributed by atoms with Gasteiger partial charge in [0, 0.05) is 37.8 Å². The summed E-state index contributed by atoms with van der Waals surface area (Å²) in [6.45, 7) is 0. The second kappa shape index (κ2) is 10.1. The van der Waals surface area contributed by atoms with Gasteiger partial charge in [-0.05, 0) is 85.3 Å². The van der Waals surface area contributed by atoms with E-state index < -0.39 is 0 Å². The van der Waals surface area contributed by atoms with Crippen LogP contribution in [-0.2, 0) is 0 Å². The van der Waals surface area contributed by atoms with Gasteiger partial charge in [0.2, 0.25) is 0 Å². The SMILES string of the molecule is c1ccc2c(c#1)c1ccccc1c1[nH]c3ccc(-c4c5ccccc5c(-c5cccc(-c6ccccc6)c5)c5ccccc45)cc3c21. The van der Waals surface area contributed by atoms with Crippen LogP contribution in [0.15, 0.2) is 158 Å². The Morgan fingerprint density at radius 3 is 1.66 bits per heavy atom.